The van der Waals surface area contributed by atoms with Gasteiger partial charge >= 0.3 is 5.97 Å². The van der Waals surface area contributed by atoms with Gasteiger partial charge in [-0.15, -0.1) is 0 Å². The third kappa shape index (κ3) is 9.91. The zero-order chi connectivity index (χ0) is 26.7. The molecule has 0 fully saturated rings. The molecule has 0 bridgehead atoms. The molecule has 11 heteroatoms. The zero-order valence-corrected chi connectivity index (χ0v) is 20.7. The van der Waals surface area contributed by atoms with Crippen LogP contribution in [0, 0.1) is 11.8 Å². The maximum absolute atomic E-state index is 12.9. The Morgan fingerprint density at radius 3 is 1.97 bits per heavy atom. The van der Waals surface area contributed by atoms with Crippen LogP contribution in [-0.2, 0) is 25.6 Å². The van der Waals surface area contributed by atoms with Crippen LogP contribution in [-0.4, -0.2) is 69.8 Å². The van der Waals surface area contributed by atoms with Gasteiger partial charge in [0.2, 0.25) is 17.7 Å². The summed E-state index contributed by atoms with van der Waals surface area (Å²) in [5.74, 6) is -3.49. The van der Waals surface area contributed by atoms with Gasteiger partial charge in [0, 0.05) is 6.42 Å². The Morgan fingerprint density at radius 2 is 1.49 bits per heavy atom. The summed E-state index contributed by atoms with van der Waals surface area (Å²) < 4.78 is 0. The van der Waals surface area contributed by atoms with Crippen molar-refractivity contribution in [3.05, 3.63) is 29.8 Å². The van der Waals surface area contributed by atoms with Crippen LogP contribution in [0.15, 0.2) is 24.3 Å². The molecule has 3 amide bonds. The smallest absolute Gasteiger partial charge is 0.326 e. The molecule has 5 atom stereocenters. The molecule has 196 valence electrons. The highest BCUT2D eigenvalue weighted by atomic mass is 16.4. The number of hydrogen-bond donors (Lipinski definition) is 7. The monoisotopic (exact) mass is 494 g/mol. The maximum Gasteiger partial charge on any atom is 0.326 e. The molecule has 35 heavy (non-hydrogen) atoms. The summed E-state index contributed by atoms with van der Waals surface area (Å²) in [6.45, 7) is 6.65. The highest BCUT2D eigenvalue weighted by molar-refractivity contribution is 5.94. The van der Waals surface area contributed by atoms with Crippen LogP contribution >= 0.6 is 0 Å². The average Bonchev–Trinajstić information content (AvgIpc) is 2.80. The number of amides is 3. The molecule has 0 spiro atoms. The van der Waals surface area contributed by atoms with Crippen LogP contribution in [0.4, 0.5) is 0 Å². The first-order chi connectivity index (χ1) is 16.4. The summed E-state index contributed by atoms with van der Waals surface area (Å²) in [4.78, 5) is 49.8. The highest BCUT2D eigenvalue weighted by Gasteiger charge is 2.32. The number of carbonyl (C=O) groups excluding carboxylic acids is 3. The Bertz CT molecular complexity index is 860. The standard InChI is InChI=1S/C24H38N4O7/c1-5-14(4)20(28-21(31)17(25)10-13(2)3)23(33)27-19(12-29)22(32)26-18(24(34)35)11-15-6-8-16(30)9-7-15/h6-9,13-14,17-20,29-30H,5,10-12,25H2,1-4H3,(H,26,32)(H,27,33)(H,28,31)(H,34,35). The lowest BCUT2D eigenvalue weighted by Crippen LogP contribution is -2.59. The molecule has 11 nitrogen and oxygen atoms in total. The van der Waals surface area contributed by atoms with Gasteiger partial charge in [-0.3, -0.25) is 14.4 Å². The van der Waals surface area contributed by atoms with Gasteiger partial charge in [-0.1, -0.05) is 46.2 Å². The van der Waals surface area contributed by atoms with Crippen molar-refractivity contribution < 1.29 is 34.5 Å². The Balaban J connectivity index is 2.90. The molecule has 0 aromatic heterocycles. The van der Waals surface area contributed by atoms with E-state index in [1.54, 1.807) is 6.92 Å². The van der Waals surface area contributed by atoms with E-state index in [4.69, 9.17) is 5.73 Å². The topological polar surface area (TPSA) is 191 Å². The number of aliphatic carboxylic acids is 1. The normalized spacial score (nSPS) is 15.4. The number of rotatable bonds is 14. The fourth-order valence-corrected chi connectivity index (χ4v) is 3.37. The van der Waals surface area contributed by atoms with Crippen LogP contribution in [0.1, 0.15) is 46.1 Å². The third-order valence-electron chi connectivity index (χ3n) is 5.66. The lowest BCUT2D eigenvalue weighted by Gasteiger charge is -2.27. The molecule has 1 aromatic rings. The molecule has 1 rings (SSSR count). The maximum atomic E-state index is 12.9. The average molecular weight is 495 g/mol. The Morgan fingerprint density at radius 1 is 0.914 bits per heavy atom. The number of carbonyl (C=O) groups is 4. The van der Waals surface area contributed by atoms with E-state index in [1.807, 2.05) is 20.8 Å². The Hall–Kier alpha value is -3.18. The first-order valence-electron chi connectivity index (χ1n) is 11.7. The minimum Gasteiger partial charge on any atom is -0.508 e. The van der Waals surface area contributed by atoms with E-state index in [2.05, 4.69) is 16.0 Å². The molecule has 0 radical (unpaired) electrons. The quantitative estimate of drug-likeness (QED) is 0.186. The van der Waals surface area contributed by atoms with Gasteiger partial charge in [0.05, 0.1) is 12.6 Å². The van der Waals surface area contributed by atoms with Gasteiger partial charge in [0.15, 0.2) is 0 Å². The molecule has 0 saturated heterocycles. The molecule has 0 aliphatic carbocycles. The number of phenols is 1. The van der Waals surface area contributed by atoms with Gasteiger partial charge in [-0.05, 0) is 36.0 Å². The third-order valence-corrected chi connectivity index (χ3v) is 5.66. The summed E-state index contributed by atoms with van der Waals surface area (Å²) in [7, 11) is 0. The van der Waals surface area contributed by atoms with Crippen LogP contribution in [0.5, 0.6) is 5.75 Å². The molecule has 5 unspecified atom stereocenters. The van der Waals surface area contributed by atoms with Crippen LogP contribution in [0.3, 0.4) is 0 Å². The number of aliphatic hydroxyl groups is 1. The number of hydrogen-bond acceptors (Lipinski definition) is 7. The lowest BCUT2D eigenvalue weighted by molar-refractivity contribution is -0.142. The summed E-state index contributed by atoms with van der Waals surface area (Å²) in [5, 5.41) is 35.9. The molecule has 0 saturated carbocycles. The first kappa shape index (κ1) is 29.9. The number of nitrogens with one attached hydrogen (secondary N) is 3. The van der Waals surface area contributed by atoms with E-state index in [0.29, 0.717) is 18.4 Å². The van der Waals surface area contributed by atoms with E-state index >= 15 is 0 Å². The van der Waals surface area contributed by atoms with Gasteiger partial charge in [-0.2, -0.15) is 0 Å². The second-order valence-corrected chi connectivity index (χ2v) is 9.12. The Kier molecular flexibility index (Phi) is 12.2. The van der Waals surface area contributed by atoms with Crippen molar-refractivity contribution in [3.63, 3.8) is 0 Å². The van der Waals surface area contributed by atoms with Gasteiger partial charge in [0.25, 0.3) is 0 Å². The number of phenolic OH excluding ortho intramolecular Hbond substituents is 1. The second-order valence-electron chi connectivity index (χ2n) is 9.12. The van der Waals surface area contributed by atoms with Crippen molar-refractivity contribution in [1.82, 2.24) is 16.0 Å². The molecular formula is C24H38N4O7. The molecular weight excluding hydrogens is 456 g/mol. The van der Waals surface area contributed by atoms with E-state index in [0.717, 1.165) is 0 Å². The number of nitrogens with two attached hydrogens (primary N) is 1. The van der Waals surface area contributed by atoms with Crippen LogP contribution in [0.2, 0.25) is 0 Å². The molecule has 0 heterocycles. The minimum atomic E-state index is -1.43. The fraction of sp³-hybridized carbons (Fsp3) is 0.583. The predicted octanol–water partition coefficient (Wildman–Crippen LogP) is -0.114. The van der Waals surface area contributed by atoms with Gasteiger partial charge in [-0.25, -0.2) is 4.79 Å². The second kappa shape index (κ2) is 14.3. The van der Waals surface area contributed by atoms with Crippen molar-refractivity contribution in [3.8, 4) is 5.75 Å². The van der Waals surface area contributed by atoms with Crippen molar-refractivity contribution in [2.45, 2.75) is 71.1 Å². The summed E-state index contributed by atoms with van der Waals surface area (Å²) in [5.41, 5.74) is 6.47. The van der Waals surface area contributed by atoms with Crippen LogP contribution in [0.25, 0.3) is 0 Å². The summed E-state index contributed by atoms with van der Waals surface area (Å²) in [6.07, 6.45) is 0.897. The largest absolute Gasteiger partial charge is 0.508 e. The summed E-state index contributed by atoms with van der Waals surface area (Å²) >= 11 is 0. The van der Waals surface area contributed by atoms with E-state index in [1.165, 1.54) is 24.3 Å². The lowest BCUT2D eigenvalue weighted by atomic mass is 9.96. The van der Waals surface area contributed by atoms with E-state index in [9.17, 15) is 34.5 Å². The number of benzene rings is 1. The van der Waals surface area contributed by atoms with Crippen molar-refractivity contribution in [2.75, 3.05) is 6.61 Å². The first-order valence-corrected chi connectivity index (χ1v) is 11.7. The SMILES string of the molecule is CCC(C)C(NC(=O)C(N)CC(C)C)C(=O)NC(CO)C(=O)NC(Cc1ccc(O)cc1)C(=O)O. The number of aromatic hydroxyl groups is 1. The Labute approximate surface area is 205 Å². The predicted molar refractivity (Wildman–Crippen MR) is 129 cm³/mol. The van der Waals surface area contributed by atoms with Crippen molar-refractivity contribution >= 4 is 23.7 Å². The van der Waals surface area contributed by atoms with Crippen molar-refractivity contribution in [1.29, 1.82) is 0 Å². The van der Waals surface area contributed by atoms with Gasteiger partial charge in [0.1, 0.15) is 23.9 Å². The molecule has 0 aliphatic rings. The number of aliphatic hydroxyl groups excluding tert-OH is 1. The highest BCUT2D eigenvalue weighted by Crippen LogP contribution is 2.12. The van der Waals surface area contributed by atoms with Crippen molar-refractivity contribution in [2.24, 2.45) is 17.6 Å². The zero-order valence-electron chi connectivity index (χ0n) is 20.7. The van der Waals surface area contributed by atoms with E-state index in [-0.39, 0.29) is 24.0 Å². The molecule has 1 aromatic carbocycles. The fourth-order valence-electron chi connectivity index (χ4n) is 3.37. The number of carboxylic acids is 1. The molecule has 0 aliphatic heterocycles. The van der Waals surface area contributed by atoms with Gasteiger partial charge < -0.3 is 37.0 Å². The van der Waals surface area contributed by atoms with E-state index < -0.39 is 54.5 Å². The molecule has 8 N–H and O–H groups in total. The minimum absolute atomic E-state index is 0.0147. The summed E-state index contributed by atoms with van der Waals surface area (Å²) in [6, 6.07) is 1.25. The van der Waals surface area contributed by atoms with Crippen LogP contribution < -0.4 is 21.7 Å². The number of carboxylic acid groups (broad SMARTS) is 1.